The summed E-state index contributed by atoms with van der Waals surface area (Å²) >= 11 is 0. The van der Waals surface area contributed by atoms with Crippen LogP contribution in [0.25, 0.3) is 0 Å². The first-order chi connectivity index (χ1) is 9.82. The molecule has 0 amide bonds. The highest BCUT2D eigenvalue weighted by Crippen LogP contribution is 2.36. The van der Waals surface area contributed by atoms with Crippen LogP contribution in [0.1, 0.15) is 47.9 Å². The molecule has 1 aliphatic carbocycles. The molecule has 110 valence electrons. The Morgan fingerprint density at radius 1 is 1.14 bits per heavy atom. The minimum Gasteiger partial charge on any atom is -0.507 e. The molecule has 1 aliphatic rings. The van der Waals surface area contributed by atoms with Crippen molar-refractivity contribution in [3.8, 4) is 11.5 Å². The molecule has 0 aliphatic heterocycles. The smallest absolute Gasteiger partial charge is 0.194 e. The standard InChI is InChI=1S/C17H18O4/c1-9(2)4-5-10(3)11-8-14(20)15-12(18)6-7-13(19)16(15)17(11)21/h4,6-8,10,18-19H,5H2,1-3H3. The monoisotopic (exact) mass is 286 g/mol. The molecule has 4 nitrogen and oxygen atoms in total. The van der Waals surface area contributed by atoms with Crippen molar-refractivity contribution in [2.24, 2.45) is 5.92 Å². The number of phenols is 2. The van der Waals surface area contributed by atoms with Gasteiger partial charge in [0.1, 0.15) is 11.5 Å². The number of hydrogen-bond donors (Lipinski definition) is 2. The Hall–Kier alpha value is -2.36. The third-order valence-corrected chi connectivity index (χ3v) is 3.59. The van der Waals surface area contributed by atoms with Gasteiger partial charge in [0.25, 0.3) is 0 Å². The van der Waals surface area contributed by atoms with E-state index in [0.717, 1.165) is 5.57 Å². The van der Waals surface area contributed by atoms with E-state index < -0.39 is 11.6 Å². The summed E-state index contributed by atoms with van der Waals surface area (Å²) in [4.78, 5) is 24.7. The Morgan fingerprint density at radius 3 is 2.29 bits per heavy atom. The summed E-state index contributed by atoms with van der Waals surface area (Å²) in [6.07, 6.45) is 3.91. The summed E-state index contributed by atoms with van der Waals surface area (Å²) in [5.41, 5.74) is 1.29. The zero-order valence-electron chi connectivity index (χ0n) is 12.3. The Morgan fingerprint density at radius 2 is 1.71 bits per heavy atom. The number of rotatable bonds is 3. The van der Waals surface area contributed by atoms with E-state index in [2.05, 4.69) is 0 Å². The van der Waals surface area contributed by atoms with E-state index in [0.29, 0.717) is 12.0 Å². The maximum Gasteiger partial charge on any atom is 0.194 e. The molecule has 1 aromatic carbocycles. The Kier molecular flexibility index (Phi) is 3.98. The summed E-state index contributed by atoms with van der Waals surface area (Å²) in [6, 6.07) is 2.44. The van der Waals surface area contributed by atoms with Gasteiger partial charge in [-0.1, -0.05) is 18.6 Å². The molecule has 0 radical (unpaired) electrons. The number of carbonyl (C=O) groups excluding carboxylic acids is 2. The zero-order valence-corrected chi connectivity index (χ0v) is 12.3. The number of benzene rings is 1. The SMILES string of the molecule is CC(C)=CCC(C)C1=CC(=O)c2c(O)ccc(O)c2C1=O. The molecule has 0 saturated heterocycles. The molecule has 2 rings (SSSR count). The molecule has 1 unspecified atom stereocenters. The van der Waals surface area contributed by atoms with Gasteiger partial charge < -0.3 is 10.2 Å². The van der Waals surface area contributed by atoms with Crippen molar-refractivity contribution >= 4 is 11.6 Å². The molecule has 1 atom stereocenters. The van der Waals surface area contributed by atoms with Gasteiger partial charge >= 0.3 is 0 Å². The summed E-state index contributed by atoms with van der Waals surface area (Å²) in [5.74, 6) is -1.54. The second kappa shape index (κ2) is 5.56. The molecule has 0 bridgehead atoms. The lowest BCUT2D eigenvalue weighted by molar-refractivity contribution is 0.0971. The first kappa shape index (κ1) is 15.0. The van der Waals surface area contributed by atoms with E-state index >= 15 is 0 Å². The molecule has 21 heavy (non-hydrogen) atoms. The summed E-state index contributed by atoms with van der Waals surface area (Å²) in [6.45, 7) is 5.80. The molecule has 1 aromatic rings. The van der Waals surface area contributed by atoms with Crippen molar-refractivity contribution in [3.63, 3.8) is 0 Å². The van der Waals surface area contributed by atoms with Crippen LogP contribution in [0.2, 0.25) is 0 Å². The molecule has 2 N–H and O–H groups in total. The lowest BCUT2D eigenvalue weighted by Gasteiger charge is -2.20. The van der Waals surface area contributed by atoms with Gasteiger partial charge in [-0.05, 0) is 44.4 Å². The van der Waals surface area contributed by atoms with Crippen LogP contribution in [0.4, 0.5) is 0 Å². The van der Waals surface area contributed by atoms with Crippen molar-refractivity contribution in [3.05, 3.63) is 46.6 Å². The molecule has 0 saturated carbocycles. The fraction of sp³-hybridized carbons (Fsp3) is 0.294. The molecule has 0 heterocycles. The Balaban J connectivity index is 2.46. The van der Waals surface area contributed by atoms with Gasteiger partial charge in [-0.3, -0.25) is 9.59 Å². The normalized spacial score (nSPS) is 15.3. The molecular formula is C17H18O4. The third kappa shape index (κ3) is 2.75. The number of aromatic hydroxyl groups is 2. The number of allylic oxidation sites excluding steroid dienone is 4. The van der Waals surface area contributed by atoms with Gasteiger partial charge in [-0.2, -0.15) is 0 Å². The molecular weight excluding hydrogens is 268 g/mol. The second-order valence-corrected chi connectivity index (χ2v) is 5.57. The third-order valence-electron chi connectivity index (χ3n) is 3.59. The van der Waals surface area contributed by atoms with Gasteiger partial charge in [0.2, 0.25) is 0 Å². The number of Topliss-reactive ketones (excluding diaryl/α,β-unsaturated/α-hetero) is 1. The largest absolute Gasteiger partial charge is 0.507 e. The number of phenolic OH excluding ortho intramolecular Hbond substituents is 2. The fourth-order valence-electron chi connectivity index (χ4n) is 2.39. The van der Waals surface area contributed by atoms with Gasteiger partial charge in [0, 0.05) is 5.57 Å². The lowest BCUT2D eigenvalue weighted by Crippen LogP contribution is -2.21. The summed E-state index contributed by atoms with van der Waals surface area (Å²) in [5, 5.41) is 19.6. The van der Waals surface area contributed by atoms with Gasteiger partial charge in [-0.15, -0.1) is 0 Å². The minimum absolute atomic E-state index is 0.0958. The first-order valence-corrected chi connectivity index (χ1v) is 6.81. The van der Waals surface area contributed by atoms with Gasteiger partial charge in [0.05, 0.1) is 11.1 Å². The summed E-state index contributed by atoms with van der Waals surface area (Å²) in [7, 11) is 0. The van der Waals surface area contributed by atoms with Crippen molar-refractivity contribution in [2.75, 3.05) is 0 Å². The van der Waals surface area contributed by atoms with Crippen LogP contribution < -0.4 is 0 Å². The fourth-order valence-corrected chi connectivity index (χ4v) is 2.39. The van der Waals surface area contributed by atoms with Crippen LogP contribution in [-0.4, -0.2) is 21.8 Å². The second-order valence-electron chi connectivity index (χ2n) is 5.57. The van der Waals surface area contributed by atoms with Crippen LogP contribution in [-0.2, 0) is 0 Å². The predicted octanol–water partition coefficient (Wildman–Crippen LogP) is 3.40. The van der Waals surface area contributed by atoms with E-state index in [1.807, 2.05) is 26.8 Å². The first-order valence-electron chi connectivity index (χ1n) is 6.81. The van der Waals surface area contributed by atoms with Crippen molar-refractivity contribution in [1.29, 1.82) is 0 Å². The highest BCUT2D eigenvalue weighted by molar-refractivity contribution is 6.26. The molecule has 0 aromatic heterocycles. The van der Waals surface area contributed by atoms with E-state index in [4.69, 9.17) is 0 Å². The maximum atomic E-state index is 12.5. The highest BCUT2D eigenvalue weighted by Gasteiger charge is 2.32. The molecule has 0 fully saturated rings. The zero-order chi connectivity index (χ0) is 15.7. The highest BCUT2D eigenvalue weighted by atomic mass is 16.3. The van der Waals surface area contributed by atoms with Crippen LogP contribution in [0, 0.1) is 5.92 Å². The maximum absolute atomic E-state index is 12.5. The van der Waals surface area contributed by atoms with Crippen molar-refractivity contribution in [2.45, 2.75) is 27.2 Å². The van der Waals surface area contributed by atoms with E-state index in [1.54, 1.807) is 0 Å². The van der Waals surface area contributed by atoms with Crippen LogP contribution in [0.15, 0.2) is 35.4 Å². The average Bonchev–Trinajstić information content (AvgIpc) is 2.42. The predicted molar refractivity (Wildman–Crippen MR) is 79.7 cm³/mol. The van der Waals surface area contributed by atoms with E-state index in [-0.39, 0.29) is 28.5 Å². The van der Waals surface area contributed by atoms with E-state index in [9.17, 15) is 19.8 Å². The summed E-state index contributed by atoms with van der Waals surface area (Å²) < 4.78 is 0. The van der Waals surface area contributed by atoms with E-state index in [1.165, 1.54) is 18.2 Å². The van der Waals surface area contributed by atoms with Crippen LogP contribution in [0.3, 0.4) is 0 Å². The number of ketones is 2. The average molecular weight is 286 g/mol. The molecule has 4 heteroatoms. The topological polar surface area (TPSA) is 74.6 Å². The number of carbonyl (C=O) groups is 2. The lowest BCUT2D eigenvalue weighted by atomic mass is 9.82. The van der Waals surface area contributed by atoms with Gasteiger partial charge in [-0.25, -0.2) is 0 Å². The minimum atomic E-state index is -0.447. The Labute approximate surface area is 123 Å². The van der Waals surface area contributed by atoms with Crippen molar-refractivity contribution < 1.29 is 19.8 Å². The van der Waals surface area contributed by atoms with Crippen molar-refractivity contribution in [1.82, 2.24) is 0 Å². The quantitative estimate of drug-likeness (QED) is 0.659. The molecule has 0 spiro atoms. The van der Waals surface area contributed by atoms with Gasteiger partial charge in [0.15, 0.2) is 11.6 Å². The number of fused-ring (bicyclic) bond motifs is 1. The van der Waals surface area contributed by atoms with Crippen LogP contribution >= 0.6 is 0 Å². The Bertz CT molecular complexity index is 676. The van der Waals surface area contributed by atoms with Crippen LogP contribution in [0.5, 0.6) is 11.5 Å². The number of hydrogen-bond acceptors (Lipinski definition) is 4.